The quantitative estimate of drug-likeness (QED) is 0.621. The Morgan fingerprint density at radius 1 is 1.06 bits per heavy atom. The first kappa shape index (κ1) is 20.7. The Bertz CT molecular complexity index is 1070. The first-order valence-corrected chi connectivity index (χ1v) is 9.46. The second-order valence-corrected chi connectivity index (χ2v) is 7.07. The van der Waals surface area contributed by atoms with Crippen molar-refractivity contribution in [3.8, 4) is 11.4 Å². The maximum atomic E-state index is 13.4. The fraction of sp³-hybridized carbons (Fsp3) is 0.238. The lowest BCUT2D eigenvalue weighted by atomic mass is 10.2. The molecular formula is C21H17F4N5O. The maximum Gasteiger partial charge on any atom is 0.433 e. The zero-order valence-electron chi connectivity index (χ0n) is 16.1. The van der Waals surface area contributed by atoms with Gasteiger partial charge in [0.15, 0.2) is 11.5 Å². The maximum absolute atomic E-state index is 13.4. The van der Waals surface area contributed by atoms with Crippen molar-refractivity contribution in [2.75, 3.05) is 11.9 Å². The Labute approximate surface area is 175 Å². The molecule has 10 heteroatoms. The van der Waals surface area contributed by atoms with Crippen molar-refractivity contribution in [3.63, 3.8) is 0 Å². The zero-order valence-corrected chi connectivity index (χ0v) is 16.1. The first-order valence-electron chi connectivity index (χ1n) is 9.46. The van der Waals surface area contributed by atoms with Crippen molar-refractivity contribution in [1.82, 2.24) is 19.9 Å². The van der Waals surface area contributed by atoms with E-state index >= 15 is 0 Å². The molecule has 1 aliphatic heterocycles. The topological polar surface area (TPSA) is 71.0 Å². The molecule has 31 heavy (non-hydrogen) atoms. The smallest absolute Gasteiger partial charge is 0.358 e. The number of hydrogen-bond acceptors (Lipinski definition) is 5. The number of nitrogens with one attached hydrogen (secondary N) is 1. The number of nitrogens with zero attached hydrogens (tertiary/aromatic N) is 4. The second kappa shape index (κ2) is 8.29. The number of carbonyl (C=O) groups excluding carboxylic acids is 1. The highest BCUT2D eigenvalue weighted by molar-refractivity contribution is 5.86. The molecule has 1 saturated heterocycles. The van der Waals surface area contributed by atoms with Crippen LogP contribution >= 0.6 is 0 Å². The first-order chi connectivity index (χ1) is 14.8. The molecule has 3 aromatic rings. The molecule has 1 unspecified atom stereocenters. The average Bonchev–Trinajstić information content (AvgIpc) is 3.09. The van der Waals surface area contributed by atoms with Gasteiger partial charge in [-0.05, 0) is 36.2 Å². The van der Waals surface area contributed by atoms with E-state index in [4.69, 9.17) is 0 Å². The van der Waals surface area contributed by atoms with Crippen LogP contribution in [0.5, 0.6) is 0 Å². The predicted octanol–water partition coefficient (Wildman–Crippen LogP) is 3.91. The molecule has 3 heterocycles. The molecule has 0 saturated carbocycles. The number of aromatic nitrogens is 3. The van der Waals surface area contributed by atoms with Gasteiger partial charge in [-0.3, -0.25) is 9.78 Å². The van der Waals surface area contributed by atoms with Crippen LogP contribution in [0, 0.1) is 5.82 Å². The summed E-state index contributed by atoms with van der Waals surface area (Å²) in [6.07, 6.45) is -1.41. The summed E-state index contributed by atoms with van der Waals surface area (Å²) >= 11 is 0. The number of anilines is 1. The molecular weight excluding hydrogens is 414 g/mol. The molecule has 1 N–H and O–H groups in total. The van der Waals surface area contributed by atoms with E-state index in [2.05, 4.69) is 20.3 Å². The van der Waals surface area contributed by atoms with Gasteiger partial charge in [0.25, 0.3) is 0 Å². The van der Waals surface area contributed by atoms with Crippen LogP contribution in [0.3, 0.4) is 0 Å². The standard InChI is InChI=1S/C21H17F4N5O/c22-15-3-1-13(2-4-15)12-30-10-7-16(20(30)31)27-18-11-17(21(23,24)25)28-19(29-18)14-5-8-26-9-6-14/h1-6,8-9,11,16H,7,10,12H2,(H,27,28,29). The van der Waals surface area contributed by atoms with Crippen molar-refractivity contribution in [1.29, 1.82) is 0 Å². The molecule has 1 fully saturated rings. The van der Waals surface area contributed by atoms with E-state index in [-0.39, 0.29) is 29.9 Å². The second-order valence-electron chi connectivity index (χ2n) is 7.07. The van der Waals surface area contributed by atoms with Gasteiger partial charge in [0.05, 0.1) is 0 Å². The third-order valence-electron chi connectivity index (χ3n) is 4.86. The largest absolute Gasteiger partial charge is 0.433 e. The molecule has 160 valence electrons. The highest BCUT2D eigenvalue weighted by Gasteiger charge is 2.35. The molecule has 1 amide bonds. The van der Waals surface area contributed by atoms with Gasteiger partial charge in [0.2, 0.25) is 5.91 Å². The van der Waals surface area contributed by atoms with E-state index in [0.29, 0.717) is 18.5 Å². The molecule has 0 spiro atoms. The fourth-order valence-corrected chi connectivity index (χ4v) is 3.32. The number of rotatable bonds is 5. The molecule has 4 rings (SSSR count). The van der Waals surface area contributed by atoms with Gasteiger partial charge < -0.3 is 10.2 Å². The Morgan fingerprint density at radius 2 is 1.77 bits per heavy atom. The molecule has 0 aliphatic carbocycles. The monoisotopic (exact) mass is 431 g/mol. The summed E-state index contributed by atoms with van der Waals surface area (Å²) in [7, 11) is 0. The van der Waals surface area contributed by atoms with E-state index in [1.807, 2.05) is 0 Å². The van der Waals surface area contributed by atoms with Crippen LogP contribution in [-0.2, 0) is 17.5 Å². The lowest BCUT2D eigenvalue weighted by Gasteiger charge is -2.18. The number of carbonyl (C=O) groups is 1. The minimum Gasteiger partial charge on any atom is -0.358 e. The van der Waals surface area contributed by atoms with Crippen molar-refractivity contribution in [2.24, 2.45) is 0 Å². The van der Waals surface area contributed by atoms with Crippen LogP contribution < -0.4 is 5.32 Å². The molecule has 1 atom stereocenters. The third kappa shape index (κ3) is 4.79. The fourth-order valence-electron chi connectivity index (χ4n) is 3.32. The lowest BCUT2D eigenvalue weighted by Crippen LogP contribution is -2.33. The average molecular weight is 431 g/mol. The van der Waals surface area contributed by atoms with Crippen molar-refractivity contribution >= 4 is 11.7 Å². The van der Waals surface area contributed by atoms with Crippen LogP contribution in [0.4, 0.5) is 23.4 Å². The van der Waals surface area contributed by atoms with Gasteiger partial charge in [0, 0.05) is 37.1 Å². The Balaban J connectivity index is 1.54. The molecule has 6 nitrogen and oxygen atoms in total. The zero-order chi connectivity index (χ0) is 22.0. The van der Waals surface area contributed by atoms with E-state index in [0.717, 1.165) is 11.6 Å². The van der Waals surface area contributed by atoms with Crippen molar-refractivity contribution < 1.29 is 22.4 Å². The number of pyridine rings is 1. The van der Waals surface area contributed by atoms with Gasteiger partial charge in [-0.25, -0.2) is 14.4 Å². The number of halogens is 4. The summed E-state index contributed by atoms with van der Waals surface area (Å²) in [5.74, 6) is -0.836. The Hall–Kier alpha value is -3.56. The third-order valence-corrected chi connectivity index (χ3v) is 4.86. The van der Waals surface area contributed by atoms with Crippen LogP contribution in [0.15, 0.2) is 54.9 Å². The minimum absolute atomic E-state index is 0.0869. The van der Waals surface area contributed by atoms with Crippen molar-refractivity contribution in [3.05, 3.63) is 71.9 Å². The number of hydrogen-bond donors (Lipinski definition) is 1. The van der Waals surface area contributed by atoms with E-state index in [9.17, 15) is 22.4 Å². The highest BCUT2D eigenvalue weighted by atomic mass is 19.4. The van der Waals surface area contributed by atoms with Gasteiger partial charge in [-0.1, -0.05) is 12.1 Å². The molecule has 2 aromatic heterocycles. The molecule has 0 bridgehead atoms. The summed E-state index contributed by atoms with van der Waals surface area (Å²) in [6, 6.07) is 8.88. The molecule has 0 radical (unpaired) electrons. The van der Waals surface area contributed by atoms with E-state index in [1.54, 1.807) is 17.0 Å². The highest BCUT2D eigenvalue weighted by Crippen LogP contribution is 2.31. The van der Waals surface area contributed by atoms with E-state index in [1.165, 1.54) is 36.7 Å². The summed E-state index contributed by atoms with van der Waals surface area (Å²) < 4.78 is 53.1. The number of amides is 1. The molecule has 1 aliphatic rings. The minimum atomic E-state index is -4.67. The van der Waals surface area contributed by atoms with Gasteiger partial charge in [-0.2, -0.15) is 13.2 Å². The Kier molecular flexibility index (Phi) is 5.53. The van der Waals surface area contributed by atoms with Crippen LogP contribution in [0.2, 0.25) is 0 Å². The summed E-state index contributed by atoms with van der Waals surface area (Å²) in [6.45, 7) is 0.708. The van der Waals surface area contributed by atoms with Gasteiger partial charge in [0.1, 0.15) is 17.7 Å². The van der Waals surface area contributed by atoms with Crippen LogP contribution in [0.1, 0.15) is 17.7 Å². The number of likely N-dealkylation sites (tertiary alicyclic amines) is 1. The van der Waals surface area contributed by atoms with Crippen LogP contribution in [0.25, 0.3) is 11.4 Å². The summed E-state index contributed by atoms with van der Waals surface area (Å²) in [4.78, 5) is 25.9. The predicted molar refractivity (Wildman–Crippen MR) is 104 cm³/mol. The van der Waals surface area contributed by atoms with Gasteiger partial charge in [-0.15, -0.1) is 0 Å². The summed E-state index contributed by atoms with van der Waals surface area (Å²) in [5.41, 5.74) is 0.0297. The van der Waals surface area contributed by atoms with Crippen molar-refractivity contribution in [2.45, 2.75) is 25.2 Å². The number of benzene rings is 1. The number of alkyl halides is 3. The van der Waals surface area contributed by atoms with Gasteiger partial charge >= 0.3 is 6.18 Å². The Morgan fingerprint density at radius 3 is 2.45 bits per heavy atom. The molecule has 1 aromatic carbocycles. The lowest BCUT2D eigenvalue weighted by molar-refractivity contribution is -0.141. The van der Waals surface area contributed by atoms with E-state index < -0.39 is 17.9 Å². The van der Waals surface area contributed by atoms with Crippen LogP contribution in [-0.4, -0.2) is 38.3 Å². The SMILES string of the molecule is O=C1C(Nc2cc(C(F)(F)F)nc(-c3ccncc3)n2)CCN1Cc1ccc(F)cc1. The normalized spacial score (nSPS) is 16.6. The summed E-state index contributed by atoms with van der Waals surface area (Å²) in [5, 5.41) is 2.82.